The number of nitrogens with zero attached hydrogens (tertiary/aromatic N) is 5. The van der Waals surface area contributed by atoms with Crippen LogP contribution >= 0.6 is 11.3 Å². The molecule has 1 aliphatic rings. The molecule has 0 radical (unpaired) electrons. The molecule has 2 aromatic heterocycles. The van der Waals surface area contributed by atoms with Crippen LogP contribution in [0.25, 0.3) is 4.96 Å². The first-order valence-electron chi connectivity index (χ1n) is 4.45. The van der Waals surface area contributed by atoms with Crippen LogP contribution in [0, 0.1) is 6.92 Å². The highest BCUT2D eigenvalue weighted by Crippen LogP contribution is 2.06. The van der Waals surface area contributed by atoms with Crippen LogP contribution in [0.2, 0.25) is 0 Å². The van der Waals surface area contributed by atoms with Crippen molar-refractivity contribution in [2.45, 2.75) is 13.8 Å². The lowest BCUT2D eigenvalue weighted by Gasteiger charge is -1.88. The molecule has 0 spiro atoms. The van der Waals surface area contributed by atoms with Gasteiger partial charge in [0.05, 0.1) is 11.3 Å². The van der Waals surface area contributed by atoms with Crippen LogP contribution in [-0.4, -0.2) is 25.5 Å². The summed E-state index contributed by atoms with van der Waals surface area (Å²) in [5.41, 5.74) is 1.94. The average Bonchev–Trinajstić information content (AvgIpc) is 2.67. The Kier molecular flexibility index (Phi) is 1.63. The Hall–Kier alpha value is -1.76. The summed E-state index contributed by atoms with van der Waals surface area (Å²) in [5.74, 6) is 0.824. The number of hydrogen-bond acceptors (Lipinski definition) is 5. The van der Waals surface area contributed by atoms with Gasteiger partial charge in [-0.15, -0.1) is 15.3 Å². The molecular weight excluding hydrogens is 212 g/mol. The molecule has 0 unspecified atom stereocenters. The van der Waals surface area contributed by atoms with Crippen molar-refractivity contribution in [3.8, 4) is 0 Å². The summed E-state index contributed by atoms with van der Waals surface area (Å²) in [6.45, 7) is 3.83. The van der Waals surface area contributed by atoms with E-state index in [4.69, 9.17) is 0 Å². The van der Waals surface area contributed by atoms with Crippen LogP contribution in [0.15, 0.2) is 16.4 Å². The molecule has 6 nitrogen and oxygen atoms in total. The minimum Gasteiger partial charge on any atom is -0.297 e. The predicted octanol–water partition coefficient (Wildman–Crippen LogP) is 0.628. The van der Waals surface area contributed by atoms with Crippen molar-refractivity contribution in [2.24, 2.45) is 10.2 Å². The Bertz CT molecular complexity index is 656. The van der Waals surface area contributed by atoms with Gasteiger partial charge in [-0.1, -0.05) is 11.3 Å². The minimum atomic E-state index is 0.780. The Morgan fingerprint density at radius 2 is 2.13 bits per heavy atom. The van der Waals surface area contributed by atoms with Crippen LogP contribution in [0.5, 0.6) is 0 Å². The molecule has 0 atom stereocenters. The van der Waals surface area contributed by atoms with E-state index >= 15 is 0 Å². The summed E-state index contributed by atoms with van der Waals surface area (Å²) in [6, 6.07) is 0. The standard InChI is InChI=1S/C8H8N6S/c1-4-6-3-9-14-5(2)11-13-8(14)15-7(6)12-10-4/h3,9H,1-2H3. The second-order valence-electron chi connectivity index (χ2n) is 3.24. The van der Waals surface area contributed by atoms with Crippen molar-refractivity contribution >= 4 is 22.0 Å². The maximum Gasteiger partial charge on any atom is 0.233 e. The van der Waals surface area contributed by atoms with Gasteiger partial charge in [-0.2, -0.15) is 5.10 Å². The summed E-state index contributed by atoms with van der Waals surface area (Å²) in [6.07, 6.45) is 1.88. The van der Waals surface area contributed by atoms with Crippen LogP contribution in [0.3, 0.4) is 0 Å². The van der Waals surface area contributed by atoms with E-state index < -0.39 is 0 Å². The molecule has 0 saturated heterocycles. The fourth-order valence-corrected chi connectivity index (χ4v) is 2.33. The molecule has 2 aromatic rings. The van der Waals surface area contributed by atoms with Crippen molar-refractivity contribution in [1.82, 2.24) is 19.8 Å². The second kappa shape index (κ2) is 2.86. The van der Waals surface area contributed by atoms with E-state index in [2.05, 4.69) is 25.5 Å². The largest absolute Gasteiger partial charge is 0.297 e. The lowest BCUT2D eigenvalue weighted by molar-refractivity contribution is 0.883. The number of rotatable bonds is 0. The summed E-state index contributed by atoms with van der Waals surface area (Å²) in [7, 11) is 0. The predicted molar refractivity (Wildman–Crippen MR) is 56.5 cm³/mol. The van der Waals surface area contributed by atoms with Gasteiger partial charge < -0.3 is 0 Å². The van der Waals surface area contributed by atoms with Crippen molar-refractivity contribution in [3.63, 3.8) is 0 Å². The average molecular weight is 220 g/mol. The number of aryl methyl sites for hydroxylation is 1. The summed E-state index contributed by atoms with van der Waals surface area (Å²) < 4.78 is 2.69. The Labute approximate surface area is 88.7 Å². The number of fused-ring (bicyclic) bond motifs is 2. The van der Waals surface area contributed by atoms with E-state index in [-0.39, 0.29) is 0 Å². The molecule has 3 heterocycles. The third-order valence-electron chi connectivity index (χ3n) is 2.23. The molecular formula is C8H8N6S. The van der Waals surface area contributed by atoms with Gasteiger partial charge in [-0.3, -0.25) is 5.10 Å². The molecule has 76 valence electrons. The second-order valence-corrected chi connectivity index (χ2v) is 4.20. The molecule has 0 aromatic carbocycles. The summed E-state index contributed by atoms with van der Waals surface area (Å²) >= 11 is 1.47. The first-order chi connectivity index (χ1) is 7.25. The summed E-state index contributed by atoms with van der Waals surface area (Å²) in [5, 5.41) is 19.3. The minimum absolute atomic E-state index is 0.780. The van der Waals surface area contributed by atoms with Gasteiger partial charge in [-0.25, -0.2) is 4.52 Å². The normalized spacial score (nSPS) is 13.6. The number of nitrogens with one attached hydrogen (secondary N) is 1. The third kappa shape index (κ3) is 1.16. The molecule has 0 amide bonds. The van der Waals surface area contributed by atoms with Gasteiger partial charge in [0.2, 0.25) is 4.96 Å². The topological polar surface area (TPSA) is 70.7 Å². The van der Waals surface area contributed by atoms with Crippen LogP contribution < -0.4 is 4.67 Å². The lowest BCUT2D eigenvalue weighted by atomic mass is 10.3. The molecule has 15 heavy (non-hydrogen) atoms. The van der Waals surface area contributed by atoms with Crippen LogP contribution in [0.1, 0.15) is 18.3 Å². The number of hydrogen-bond donors (Lipinski definition) is 1. The maximum absolute atomic E-state index is 4.09. The van der Waals surface area contributed by atoms with Crippen molar-refractivity contribution in [3.05, 3.63) is 22.3 Å². The van der Waals surface area contributed by atoms with E-state index in [1.165, 1.54) is 11.3 Å². The Morgan fingerprint density at radius 1 is 1.27 bits per heavy atom. The highest BCUT2D eigenvalue weighted by atomic mass is 32.1. The smallest absolute Gasteiger partial charge is 0.233 e. The van der Waals surface area contributed by atoms with Crippen molar-refractivity contribution in [2.75, 3.05) is 0 Å². The number of aromatic amines is 1. The Morgan fingerprint density at radius 3 is 3.00 bits per heavy atom. The third-order valence-corrected chi connectivity index (χ3v) is 3.17. The molecule has 3 rings (SSSR count). The van der Waals surface area contributed by atoms with Gasteiger partial charge in [0.1, 0.15) is 0 Å². The first-order valence-corrected chi connectivity index (χ1v) is 5.27. The van der Waals surface area contributed by atoms with Crippen LogP contribution in [-0.2, 0) is 0 Å². The van der Waals surface area contributed by atoms with E-state index in [1.807, 2.05) is 24.6 Å². The summed E-state index contributed by atoms with van der Waals surface area (Å²) in [4.78, 5) is 0.780. The molecule has 1 N–H and O–H groups in total. The highest BCUT2D eigenvalue weighted by molar-refractivity contribution is 7.14. The van der Waals surface area contributed by atoms with Gasteiger partial charge in [0.25, 0.3) is 0 Å². The zero-order chi connectivity index (χ0) is 10.4. The van der Waals surface area contributed by atoms with Gasteiger partial charge in [-0.05, 0) is 13.8 Å². The lowest BCUT2D eigenvalue weighted by Crippen LogP contribution is -2.02. The zero-order valence-electron chi connectivity index (χ0n) is 8.22. The van der Waals surface area contributed by atoms with E-state index in [1.54, 1.807) is 0 Å². The molecule has 0 saturated carbocycles. The van der Waals surface area contributed by atoms with E-state index in [9.17, 15) is 0 Å². The molecule has 0 aliphatic carbocycles. The van der Waals surface area contributed by atoms with Crippen LogP contribution in [0.4, 0.5) is 0 Å². The Balaban J connectivity index is 2.47. The van der Waals surface area contributed by atoms with Gasteiger partial charge in [0.15, 0.2) is 10.5 Å². The molecule has 0 fully saturated rings. The maximum atomic E-state index is 4.09. The molecule has 7 heteroatoms. The van der Waals surface area contributed by atoms with E-state index in [0.29, 0.717) is 0 Å². The fraction of sp³-hybridized carbons (Fsp3) is 0.250. The first kappa shape index (κ1) is 8.54. The van der Waals surface area contributed by atoms with Crippen molar-refractivity contribution in [1.29, 1.82) is 0 Å². The quantitative estimate of drug-likeness (QED) is 0.707. The number of aromatic nitrogens is 4. The monoisotopic (exact) mass is 220 g/mol. The van der Waals surface area contributed by atoms with Crippen molar-refractivity contribution < 1.29 is 0 Å². The molecule has 0 bridgehead atoms. The van der Waals surface area contributed by atoms with E-state index in [0.717, 1.165) is 26.7 Å². The number of H-pyrrole nitrogens is 1. The van der Waals surface area contributed by atoms with Gasteiger partial charge in [0, 0.05) is 6.20 Å². The SMILES string of the molecule is CC1=NN=c2sc3nnc(C)n3[nH]cc21. The fourth-order valence-electron chi connectivity index (χ4n) is 1.40. The zero-order valence-corrected chi connectivity index (χ0v) is 9.04. The van der Waals surface area contributed by atoms with Gasteiger partial charge >= 0.3 is 0 Å². The molecule has 1 aliphatic heterocycles. The highest BCUT2D eigenvalue weighted by Gasteiger charge is 2.09.